The van der Waals surface area contributed by atoms with Gasteiger partial charge < -0.3 is 5.32 Å². The number of nitrogens with one attached hydrogen (secondary N) is 1. The fourth-order valence-corrected chi connectivity index (χ4v) is 3.39. The Balaban J connectivity index is 1.77. The highest BCUT2D eigenvalue weighted by Gasteiger charge is 2.19. The molecule has 1 N–H and O–H groups in total. The van der Waals surface area contributed by atoms with Gasteiger partial charge in [0, 0.05) is 31.6 Å². The lowest BCUT2D eigenvalue weighted by atomic mass is 10.1. The molecule has 1 atom stereocenters. The molecule has 4 nitrogen and oxygen atoms in total. The van der Waals surface area contributed by atoms with Crippen molar-refractivity contribution in [1.82, 2.24) is 20.0 Å². The first-order valence-electron chi connectivity index (χ1n) is 8.14. The van der Waals surface area contributed by atoms with Gasteiger partial charge in [0.1, 0.15) is 0 Å². The van der Waals surface area contributed by atoms with Crippen molar-refractivity contribution in [2.24, 2.45) is 7.05 Å². The third-order valence-corrected chi connectivity index (χ3v) is 4.39. The van der Waals surface area contributed by atoms with Crippen LogP contribution in [0, 0.1) is 0 Å². The van der Waals surface area contributed by atoms with Gasteiger partial charge in [-0.2, -0.15) is 5.10 Å². The number of para-hydroxylation sites is 1. The average molecular weight is 286 g/mol. The van der Waals surface area contributed by atoms with E-state index < -0.39 is 0 Å². The van der Waals surface area contributed by atoms with Gasteiger partial charge in [-0.3, -0.25) is 9.58 Å². The van der Waals surface area contributed by atoms with Crippen molar-refractivity contribution in [3.63, 3.8) is 0 Å². The van der Waals surface area contributed by atoms with Crippen molar-refractivity contribution in [2.75, 3.05) is 19.6 Å². The van der Waals surface area contributed by atoms with Crippen molar-refractivity contribution in [3.05, 3.63) is 30.0 Å². The summed E-state index contributed by atoms with van der Waals surface area (Å²) in [6.07, 6.45) is 3.82. The van der Waals surface area contributed by atoms with E-state index in [0.29, 0.717) is 6.04 Å². The minimum absolute atomic E-state index is 0.659. The lowest BCUT2D eigenvalue weighted by molar-refractivity contribution is 0.239. The highest BCUT2D eigenvalue weighted by Crippen LogP contribution is 2.19. The summed E-state index contributed by atoms with van der Waals surface area (Å²) < 4.78 is 2.00. The van der Waals surface area contributed by atoms with Gasteiger partial charge in [0.2, 0.25) is 0 Å². The first-order chi connectivity index (χ1) is 10.3. The molecule has 1 aromatic heterocycles. The van der Waals surface area contributed by atoms with Crippen LogP contribution in [-0.2, 0) is 13.6 Å². The van der Waals surface area contributed by atoms with E-state index in [1.165, 1.54) is 42.4 Å². The summed E-state index contributed by atoms with van der Waals surface area (Å²) in [6.45, 7) is 6.66. The summed E-state index contributed by atoms with van der Waals surface area (Å²) in [5, 5.41) is 9.64. The summed E-state index contributed by atoms with van der Waals surface area (Å²) in [7, 11) is 2.04. The van der Waals surface area contributed by atoms with Crippen molar-refractivity contribution in [1.29, 1.82) is 0 Å². The van der Waals surface area contributed by atoms with E-state index in [-0.39, 0.29) is 0 Å². The van der Waals surface area contributed by atoms with Crippen LogP contribution in [0.5, 0.6) is 0 Å². The molecule has 1 unspecified atom stereocenters. The molecular weight excluding hydrogens is 260 g/mol. The molecule has 2 aromatic rings. The van der Waals surface area contributed by atoms with Gasteiger partial charge in [-0.1, -0.05) is 25.1 Å². The summed E-state index contributed by atoms with van der Waals surface area (Å²) in [5.74, 6) is 0. The highest BCUT2D eigenvalue weighted by atomic mass is 15.3. The Hall–Kier alpha value is -1.39. The summed E-state index contributed by atoms with van der Waals surface area (Å²) >= 11 is 0. The third-order valence-electron chi connectivity index (χ3n) is 4.39. The second-order valence-corrected chi connectivity index (χ2v) is 6.12. The van der Waals surface area contributed by atoms with Crippen LogP contribution in [0.15, 0.2) is 24.3 Å². The topological polar surface area (TPSA) is 33.1 Å². The van der Waals surface area contributed by atoms with Crippen LogP contribution < -0.4 is 5.32 Å². The maximum absolute atomic E-state index is 4.74. The Labute approximate surface area is 127 Å². The van der Waals surface area contributed by atoms with E-state index in [2.05, 4.69) is 41.4 Å². The third kappa shape index (κ3) is 3.27. The van der Waals surface area contributed by atoms with Gasteiger partial charge in [0.05, 0.1) is 11.2 Å². The zero-order valence-electron chi connectivity index (χ0n) is 13.2. The van der Waals surface area contributed by atoms with Gasteiger partial charge in [-0.15, -0.1) is 0 Å². The highest BCUT2D eigenvalue weighted by molar-refractivity contribution is 5.81. The van der Waals surface area contributed by atoms with Crippen LogP contribution in [0.1, 0.15) is 31.9 Å². The van der Waals surface area contributed by atoms with Crippen LogP contribution >= 0.6 is 0 Å². The second kappa shape index (κ2) is 6.58. The van der Waals surface area contributed by atoms with Crippen LogP contribution in [0.25, 0.3) is 10.9 Å². The van der Waals surface area contributed by atoms with Crippen LogP contribution in [0.2, 0.25) is 0 Å². The molecule has 0 bridgehead atoms. The monoisotopic (exact) mass is 286 g/mol. The number of rotatable bonds is 6. The smallest absolute Gasteiger partial charge is 0.0843 e. The molecule has 1 fully saturated rings. The number of hydrogen-bond acceptors (Lipinski definition) is 3. The van der Waals surface area contributed by atoms with Crippen LogP contribution in [0.3, 0.4) is 0 Å². The predicted molar refractivity (Wildman–Crippen MR) is 87.3 cm³/mol. The van der Waals surface area contributed by atoms with E-state index in [9.17, 15) is 0 Å². The molecular formula is C17H26N4. The standard InChI is InChI=1S/C17H26N4/c1-3-11-21(12-14-7-6-10-18-14)13-16-15-8-4-5-9-17(15)20(2)19-16/h4-5,8-9,14,18H,3,6-7,10-13H2,1-2H3. The lowest BCUT2D eigenvalue weighted by Gasteiger charge is -2.24. The van der Waals surface area contributed by atoms with E-state index in [0.717, 1.165) is 19.6 Å². The molecule has 0 saturated carbocycles. The van der Waals surface area contributed by atoms with Gasteiger partial charge >= 0.3 is 0 Å². The van der Waals surface area contributed by atoms with E-state index in [1.54, 1.807) is 0 Å². The zero-order chi connectivity index (χ0) is 14.7. The molecule has 114 valence electrons. The minimum atomic E-state index is 0.659. The molecule has 3 rings (SSSR count). The average Bonchev–Trinajstić information content (AvgIpc) is 3.09. The molecule has 1 saturated heterocycles. The van der Waals surface area contributed by atoms with E-state index in [4.69, 9.17) is 5.10 Å². The number of benzene rings is 1. The van der Waals surface area contributed by atoms with Gasteiger partial charge in [-0.25, -0.2) is 0 Å². The van der Waals surface area contributed by atoms with Crippen molar-refractivity contribution in [3.8, 4) is 0 Å². The molecule has 21 heavy (non-hydrogen) atoms. The SMILES string of the molecule is CCCN(Cc1nn(C)c2ccccc12)CC1CCCN1. The largest absolute Gasteiger partial charge is 0.313 e. The zero-order valence-corrected chi connectivity index (χ0v) is 13.2. The fourth-order valence-electron chi connectivity index (χ4n) is 3.39. The molecule has 0 spiro atoms. The van der Waals surface area contributed by atoms with E-state index >= 15 is 0 Å². The van der Waals surface area contributed by atoms with Crippen molar-refractivity contribution in [2.45, 2.75) is 38.8 Å². The summed E-state index contributed by atoms with van der Waals surface area (Å²) in [6, 6.07) is 9.19. The molecule has 2 heterocycles. The Bertz CT molecular complexity index is 583. The Morgan fingerprint density at radius 2 is 2.24 bits per heavy atom. The Morgan fingerprint density at radius 1 is 1.38 bits per heavy atom. The normalized spacial score (nSPS) is 18.9. The number of aryl methyl sites for hydroxylation is 1. The molecule has 4 heteroatoms. The second-order valence-electron chi connectivity index (χ2n) is 6.12. The van der Waals surface area contributed by atoms with Crippen LogP contribution in [-0.4, -0.2) is 40.4 Å². The lowest BCUT2D eigenvalue weighted by Crippen LogP contribution is -2.37. The van der Waals surface area contributed by atoms with E-state index in [1.807, 2.05) is 11.7 Å². The summed E-state index contributed by atoms with van der Waals surface area (Å²) in [5.41, 5.74) is 2.43. The Morgan fingerprint density at radius 3 is 3.00 bits per heavy atom. The maximum atomic E-state index is 4.74. The molecule has 1 aliphatic rings. The maximum Gasteiger partial charge on any atom is 0.0843 e. The number of aromatic nitrogens is 2. The van der Waals surface area contributed by atoms with Gasteiger partial charge in [0.15, 0.2) is 0 Å². The first-order valence-corrected chi connectivity index (χ1v) is 8.14. The Kier molecular flexibility index (Phi) is 4.56. The summed E-state index contributed by atoms with van der Waals surface area (Å²) in [4.78, 5) is 2.55. The van der Waals surface area contributed by atoms with Gasteiger partial charge in [0.25, 0.3) is 0 Å². The molecule has 1 aliphatic heterocycles. The fraction of sp³-hybridized carbons (Fsp3) is 0.588. The predicted octanol–water partition coefficient (Wildman–Crippen LogP) is 2.54. The van der Waals surface area contributed by atoms with Gasteiger partial charge in [-0.05, 0) is 38.4 Å². The molecule has 0 radical (unpaired) electrons. The number of hydrogen-bond donors (Lipinski definition) is 1. The first kappa shape index (κ1) is 14.5. The molecule has 1 aromatic carbocycles. The minimum Gasteiger partial charge on any atom is -0.313 e. The van der Waals surface area contributed by atoms with Crippen molar-refractivity contribution >= 4 is 10.9 Å². The number of nitrogens with zero attached hydrogens (tertiary/aromatic N) is 3. The molecule has 0 aliphatic carbocycles. The number of fused-ring (bicyclic) bond motifs is 1. The van der Waals surface area contributed by atoms with Crippen LogP contribution in [0.4, 0.5) is 0 Å². The quantitative estimate of drug-likeness (QED) is 0.886. The van der Waals surface area contributed by atoms with Crippen molar-refractivity contribution < 1.29 is 0 Å². The molecule has 0 amide bonds.